The van der Waals surface area contributed by atoms with E-state index in [1.54, 1.807) is 43.3 Å². The zero-order chi connectivity index (χ0) is 15.2. The minimum Gasteiger partial charge on any atom is -0.508 e. The van der Waals surface area contributed by atoms with Crippen molar-refractivity contribution in [2.75, 3.05) is 5.32 Å². The van der Waals surface area contributed by atoms with E-state index in [4.69, 9.17) is 16.3 Å². The highest BCUT2D eigenvalue weighted by Crippen LogP contribution is 2.17. The number of rotatable bonds is 4. The molecule has 6 heteroatoms. The molecular weight excluding hydrogens is 292 g/mol. The van der Waals surface area contributed by atoms with E-state index in [1.807, 2.05) is 0 Å². The molecule has 0 bridgehead atoms. The van der Waals surface area contributed by atoms with Crippen molar-refractivity contribution in [3.63, 3.8) is 0 Å². The first-order chi connectivity index (χ1) is 10.0. The standard InChI is InChI=1S/C15H15ClN2O3/c1-10(21-14-7-5-11(16)6-8-14)17-15(20)18-12-3-2-4-13(19)9-12/h2-10,19H,1H3,(H2,17,18,20). The molecule has 5 nitrogen and oxygen atoms in total. The van der Waals surface area contributed by atoms with Crippen LogP contribution in [-0.2, 0) is 0 Å². The molecule has 0 aliphatic carbocycles. The van der Waals surface area contributed by atoms with Gasteiger partial charge in [0.2, 0.25) is 0 Å². The molecule has 0 aliphatic heterocycles. The van der Waals surface area contributed by atoms with Crippen LogP contribution in [0.3, 0.4) is 0 Å². The third-order valence-corrected chi connectivity index (χ3v) is 2.82. The topological polar surface area (TPSA) is 70.6 Å². The van der Waals surface area contributed by atoms with Crippen LogP contribution in [0.15, 0.2) is 48.5 Å². The van der Waals surface area contributed by atoms with Gasteiger partial charge in [-0.15, -0.1) is 0 Å². The maximum Gasteiger partial charge on any atom is 0.322 e. The van der Waals surface area contributed by atoms with Crippen molar-refractivity contribution in [2.45, 2.75) is 13.2 Å². The molecule has 0 heterocycles. The van der Waals surface area contributed by atoms with Gasteiger partial charge in [0.1, 0.15) is 11.5 Å². The van der Waals surface area contributed by atoms with Crippen molar-refractivity contribution in [3.8, 4) is 11.5 Å². The average Bonchev–Trinajstić information content (AvgIpc) is 2.41. The van der Waals surface area contributed by atoms with Gasteiger partial charge in [0.25, 0.3) is 0 Å². The highest BCUT2D eigenvalue weighted by molar-refractivity contribution is 6.30. The number of benzene rings is 2. The summed E-state index contributed by atoms with van der Waals surface area (Å²) in [6.07, 6.45) is -0.525. The number of amides is 2. The summed E-state index contributed by atoms with van der Waals surface area (Å²) in [6.45, 7) is 1.71. The number of carbonyl (C=O) groups excluding carboxylic acids is 1. The number of phenolic OH excluding ortho intramolecular Hbond substituents is 1. The van der Waals surface area contributed by atoms with Crippen LogP contribution >= 0.6 is 11.6 Å². The predicted molar refractivity (Wildman–Crippen MR) is 81.8 cm³/mol. The molecule has 0 aliphatic rings. The molecule has 3 N–H and O–H groups in total. The lowest BCUT2D eigenvalue weighted by Crippen LogP contribution is -2.39. The number of halogens is 1. The first-order valence-electron chi connectivity index (χ1n) is 6.32. The van der Waals surface area contributed by atoms with E-state index in [0.717, 1.165) is 0 Å². The van der Waals surface area contributed by atoms with Gasteiger partial charge in [0.15, 0.2) is 6.23 Å². The van der Waals surface area contributed by atoms with E-state index in [-0.39, 0.29) is 5.75 Å². The van der Waals surface area contributed by atoms with Gasteiger partial charge in [0.05, 0.1) is 0 Å². The number of hydrogen-bond donors (Lipinski definition) is 3. The first-order valence-corrected chi connectivity index (χ1v) is 6.69. The molecule has 2 aromatic carbocycles. The molecule has 0 fully saturated rings. The number of hydrogen-bond acceptors (Lipinski definition) is 3. The highest BCUT2D eigenvalue weighted by Gasteiger charge is 2.09. The normalized spacial score (nSPS) is 11.5. The molecule has 0 radical (unpaired) electrons. The SMILES string of the molecule is CC(NC(=O)Nc1cccc(O)c1)Oc1ccc(Cl)cc1. The first kappa shape index (κ1) is 15.0. The Hall–Kier alpha value is -2.40. The number of carbonyl (C=O) groups is 1. The quantitative estimate of drug-likeness (QED) is 0.756. The predicted octanol–water partition coefficient (Wildman–Crippen LogP) is 3.59. The van der Waals surface area contributed by atoms with Crippen molar-refractivity contribution in [1.82, 2.24) is 5.32 Å². The van der Waals surface area contributed by atoms with Gasteiger partial charge in [-0.2, -0.15) is 0 Å². The van der Waals surface area contributed by atoms with E-state index in [9.17, 15) is 9.90 Å². The summed E-state index contributed by atoms with van der Waals surface area (Å²) in [7, 11) is 0. The fraction of sp³-hybridized carbons (Fsp3) is 0.133. The molecule has 0 saturated heterocycles. The Morgan fingerprint density at radius 2 is 1.95 bits per heavy atom. The highest BCUT2D eigenvalue weighted by atomic mass is 35.5. The maximum absolute atomic E-state index is 11.8. The Labute approximate surface area is 127 Å². The smallest absolute Gasteiger partial charge is 0.322 e. The number of urea groups is 1. The van der Waals surface area contributed by atoms with Crippen molar-refractivity contribution in [3.05, 3.63) is 53.6 Å². The molecule has 110 valence electrons. The van der Waals surface area contributed by atoms with Crippen LogP contribution in [0.25, 0.3) is 0 Å². The van der Waals surface area contributed by atoms with Gasteiger partial charge in [-0.05, 0) is 43.3 Å². The molecule has 0 spiro atoms. The van der Waals surface area contributed by atoms with Crippen molar-refractivity contribution in [1.29, 1.82) is 0 Å². The van der Waals surface area contributed by atoms with E-state index in [2.05, 4.69) is 10.6 Å². The zero-order valence-electron chi connectivity index (χ0n) is 11.3. The molecule has 2 aromatic rings. The van der Waals surface area contributed by atoms with Gasteiger partial charge in [-0.25, -0.2) is 4.79 Å². The van der Waals surface area contributed by atoms with E-state index >= 15 is 0 Å². The number of ether oxygens (including phenoxy) is 1. The van der Waals surface area contributed by atoms with Crippen LogP contribution in [0, 0.1) is 0 Å². The second-order valence-electron chi connectivity index (χ2n) is 4.36. The van der Waals surface area contributed by atoms with Crippen LogP contribution in [0.2, 0.25) is 5.02 Å². The summed E-state index contributed by atoms with van der Waals surface area (Å²) in [4.78, 5) is 11.8. The summed E-state index contributed by atoms with van der Waals surface area (Å²) in [5, 5.41) is 15.2. The van der Waals surface area contributed by atoms with E-state index in [0.29, 0.717) is 16.5 Å². The van der Waals surface area contributed by atoms with Crippen LogP contribution in [0.1, 0.15) is 6.92 Å². The number of phenols is 1. The third kappa shape index (κ3) is 4.89. The van der Waals surface area contributed by atoms with Gasteiger partial charge >= 0.3 is 6.03 Å². The molecule has 0 saturated carbocycles. The summed E-state index contributed by atoms with van der Waals surface area (Å²) in [6, 6.07) is 12.7. The number of anilines is 1. The summed E-state index contributed by atoms with van der Waals surface area (Å²) >= 11 is 5.78. The van der Waals surface area contributed by atoms with Gasteiger partial charge < -0.3 is 20.5 Å². The van der Waals surface area contributed by atoms with E-state index < -0.39 is 12.3 Å². The Bertz CT molecular complexity index is 617. The minimum absolute atomic E-state index is 0.0817. The summed E-state index contributed by atoms with van der Waals surface area (Å²) < 4.78 is 5.52. The Morgan fingerprint density at radius 1 is 1.24 bits per heavy atom. The Morgan fingerprint density at radius 3 is 2.62 bits per heavy atom. The second-order valence-corrected chi connectivity index (χ2v) is 4.80. The lowest BCUT2D eigenvalue weighted by Gasteiger charge is -2.16. The van der Waals surface area contributed by atoms with Crippen LogP contribution < -0.4 is 15.4 Å². The molecule has 0 aromatic heterocycles. The van der Waals surface area contributed by atoms with Crippen LogP contribution in [-0.4, -0.2) is 17.4 Å². The van der Waals surface area contributed by atoms with Crippen molar-refractivity contribution >= 4 is 23.3 Å². The van der Waals surface area contributed by atoms with Crippen LogP contribution in [0.5, 0.6) is 11.5 Å². The van der Waals surface area contributed by atoms with Crippen LogP contribution in [0.4, 0.5) is 10.5 Å². The molecule has 1 atom stereocenters. The minimum atomic E-state index is -0.525. The third-order valence-electron chi connectivity index (χ3n) is 2.56. The van der Waals surface area contributed by atoms with Gasteiger partial charge in [-0.3, -0.25) is 0 Å². The lowest BCUT2D eigenvalue weighted by molar-refractivity contribution is 0.183. The fourth-order valence-corrected chi connectivity index (χ4v) is 1.81. The maximum atomic E-state index is 11.8. The van der Waals surface area contributed by atoms with Gasteiger partial charge in [0, 0.05) is 16.8 Å². The number of nitrogens with one attached hydrogen (secondary N) is 2. The second kappa shape index (κ2) is 6.85. The van der Waals surface area contributed by atoms with Gasteiger partial charge in [-0.1, -0.05) is 17.7 Å². The van der Waals surface area contributed by atoms with E-state index in [1.165, 1.54) is 12.1 Å². The molecule has 21 heavy (non-hydrogen) atoms. The van der Waals surface area contributed by atoms with Crippen molar-refractivity contribution < 1.29 is 14.6 Å². The largest absolute Gasteiger partial charge is 0.508 e. The molecular formula is C15H15ClN2O3. The molecule has 2 amide bonds. The monoisotopic (exact) mass is 306 g/mol. The molecule has 2 rings (SSSR count). The average molecular weight is 307 g/mol. The summed E-state index contributed by atoms with van der Waals surface area (Å²) in [5.41, 5.74) is 0.492. The lowest BCUT2D eigenvalue weighted by atomic mass is 10.3. The van der Waals surface area contributed by atoms with Crippen molar-refractivity contribution in [2.24, 2.45) is 0 Å². The Kier molecular flexibility index (Phi) is 4.90. The number of aromatic hydroxyl groups is 1. The fourth-order valence-electron chi connectivity index (χ4n) is 1.68. The Balaban J connectivity index is 1.86. The zero-order valence-corrected chi connectivity index (χ0v) is 12.1. The summed E-state index contributed by atoms with van der Waals surface area (Å²) in [5.74, 6) is 0.683. The molecule has 1 unspecified atom stereocenters.